The van der Waals surface area contributed by atoms with Gasteiger partial charge in [-0.05, 0) is 52.1 Å². The molecular formula is C32H23ClN2O3. The maximum absolute atomic E-state index is 13.8. The second kappa shape index (κ2) is 8.96. The highest BCUT2D eigenvalue weighted by atomic mass is 35.5. The van der Waals surface area contributed by atoms with E-state index in [0.717, 1.165) is 32.8 Å². The summed E-state index contributed by atoms with van der Waals surface area (Å²) in [6, 6.07) is 31.3. The van der Waals surface area contributed by atoms with Gasteiger partial charge in [0.2, 0.25) is 0 Å². The molecule has 0 unspecified atom stereocenters. The second-order valence-corrected chi connectivity index (χ2v) is 10.4. The lowest BCUT2D eigenvalue weighted by atomic mass is 9.55. The van der Waals surface area contributed by atoms with Crippen molar-refractivity contribution in [3.05, 3.63) is 135 Å². The Kier molecular flexibility index (Phi) is 5.41. The van der Waals surface area contributed by atoms with Gasteiger partial charge >= 0.3 is 0 Å². The van der Waals surface area contributed by atoms with E-state index < -0.39 is 11.8 Å². The average Bonchev–Trinajstić information content (AvgIpc) is 3.21. The number of hydrogen-bond acceptors (Lipinski definition) is 4. The molecule has 8 rings (SSSR count). The van der Waals surface area contributed by atoms with Crippen LogP contribution in [0.4, 0.5) is 0 Å². The van der Waals surface area contributed by atoms with E-state index in [-0.39, 0.29) is 23.7 Å². The maximum Gasteiger partial charge on any atom is 0.254 e. The van der Waals surface area contributed by atoms with E-state index in [1.165, 1.54) is 0 Å². The molecule has 2 atom stereocenters. The van der Waals surface area contributed by atoms with Gasteiger partial charge in [0.25, 0.3) is 11.8 Å². The van der Waals surface area contributed by atoms with Crippen LogP contribution in [0.3, 0.4) is 0 Å². The molecular weight excluding hydrogens is 496 g/mol. The van der Waals surface area contributed by atoms with Crippen molar-refractivity contribution in [3.8, 4) is 5.75 Å². The number of amides is 2. The minimum atomic E-state index is -0.455. The van der Waals surface area contributed by atoms with Crippen molar-refractivity contribution in [2.75, 3.05) is 0 Å². The predicted molar refractivity (Wildman–Crippen MR) is 145 cm³/mol. The van der Waals surface area contributed by atoms with Gasteiger partial charge in [-0.25, -0.2) is 0 Å². The van der Waals surface area contributed by atoms with Gasteiger partial charge in [-0.1, -0.05) is 84.4 Å². The average molecular weight is 519 g/mol. The van der Waals surface area contributed by atoms with E-state index in [4.69, 9.17) is 16.3 Å². The normalized spacial score (nSPS) is 22.9. The summed E-state index contributed by atoms with van der Waals surface area (Å²) < 4.78 is 6.03. The minimum Gasteiger partial charge on any atom is -0.488 e. The number of carbonyl (C=O) groups excluding carboxylic acids is 2. The summed E-state index contributed by atoms with van der Waals surface area (Å²) in [6.07, 6.45) is 1.54. The Morgan fingerprint density at radius 2 is 1.29 bits per heavy atom. The Bertz CT molecular complexity index is 1520. The fourth-order valence-electron chi connectivity index (χ4n) is 6.40. The van der Waals surface area contributed by atoms with Gasteiger partial charge in [0.1, 0.15) is 12.4 Å². The molecule has 4 aliphatic rings. The van der Waals surface area contributed by atoms with Gasteiger partial charge in [-0.3, -0.25) is 9.59 Å². The van der Waals surface area contributed by atoms with Gasteiger partial charge in [0.05, 0.1) is 18.1 Å². The zero-order valence-corrected chi connectivity index (χ0v) is 21.1. The molecule has 0 spiro atoms. The molecule has 1 aliphatic heterocycles. The first-order chi connectivity index (χ1) is 18.6. The number of nitrogens with zero attached hydrogens (tertiary/aromatic N) is 2. The molecule has 6 heteroatoms. The third-order valence-electron chi connectivity index (χ3n) is 7.94. The summed E-state index contributed by atoms with van der Waals surface area (Å²) in [5.41, 5.74) is 6.19. The molecule has 0 radical (unpaired) electrons. The van der Waals surface area contributed by atoms with Gasteiger partial charge in [-0.15, -0.1) is 0 Å². The van der Waals surface area contributed by atoms with Gasteiger partial charge in [0, 0.05) is 22.4 Å². The van der Waals surface area contributed by atoms with Crippen molar-refractivity contribution in [2.24, 2.45) is 16.9 Å². The maximum atomic E-state index is 13.8. The number of para-hydroxylation sites is 1. The minimum absolute atomic E-state index is 0.151. The Morgan fingerprint density at radius 3 is 1.87 bits per heavy atom. The fourth-order valence-corrected chi connectivity index (χ4v) is 6.61. The smallest absolute Gasteiger partial charge is 0.254 e. The highest BCUT2D eigenvalue weighted by Gasteiger charge is 2.61. The van der Waals surface area contributed by atoms with Crippen LogP contribution in [-0.4, -0.2) is 23.0 Å². The number of halogens is 1. The van der Waals surface area contributed by atoms with E-state index in [9.17, 15) is 9.59 Å². The van der Waals surface area contributed by atoms with Crippen molar-refractivity contribution in [2.45, 2.75) is 18.4 Å². The molecule has 1 fully saturated rings. The van der Waals surface area contributed by atoms with Crippen molar-refractivity contribution in [1.29, 1.82) is 0 Å². The zero-order valence-electron chi connectivity index (χ0n) is 20.3. The molecule has 2 amide bonds. The first kappa shape index (κ1) is 22.9. The first-order valence-corrected chi connectivity index (χ1v) is 13.1. The van der Waals surface area contributed by atoms with Gasteiger partial charge in [0.15, 0.2) is 0 Å². The summed E-state index contributed by atoms with van der Waals surface area (Å²) >= 11 is 6.10. The summed E-state index contributed by atoms with van der Waals surface area (Å²) in [6.45, 7) is 0.330. The second-order valence-electron chi connectivity index (χ2n) is 9.95. The van der Waals surface area contributed by atoms with Crippen LogP contribution in [0, 0.1) is 11.8 Å². The third-order valence-corrected chi connectivity index (χ3v) is 8.17. The summed E-state index contributed by atoms with van der Waals surface area (Å²) in [4.78, 5) is 27.5. The van der Waals surface area contributed by atoms with Crippen LogP contribution in [0.1, 0.15) is 45.2 Å². The van der Waals surface area contributed by atoms with Crippen LogP contribution in [-0.2, 0) is 16.2 Å². The number of carbonyl (C=O) groups is 2. The summed E-state index contributed by atoms with van der Waals surface area (Å²) in [5.74, 6) is -1.09. The Hall–Kier alpha value is -4.22. The number of hydrogen-bond donors (Lipinski definition) is 0. The van der Waals surface area contributed by atoms with Crippen LogP contribution in [0.2, 0.25) is 5.02 Å². The highest BCUT2D eigenvalue weighted by molar-refractivity contribution is 6.30. The van der Waals surface area contributed by atoms with Crippen LogP contribution < -0.4 is 4.74 Å². The van der Waals surface area contributed by atoms with Gasteiger partial charge in [-0.2, -0.15) is 10.1 Å². The molecule has 5 nitrogen and oxygen atoms in total. The first-order valence-electron chi connectivity index (χ1n) is 12.7. The van der Waals surface area contributed by atoms with E-state index in [1.807, 2.05) is 72.8 Å². The third kappa shape index (κ3) is 3.50. The van der Waals surface area contributed by atoms with Crippen LogP contribution in [0.5, 0.6) is 5.75 Å². The van der Waals surface area contributed by atoms with E-state index in [1.54, 1.807) is 6.21 Å². The predicted octanol–water partition coefficient (Wildman–Crippen LogP) is 6.15. The topological polar surface area (TPSA) is 59.0 Å². The fraction of sp³-hybridized carbons (Fsp3) is 0.156. The lowest BCUT2D eigenvalue weighted by molar-refractivity contribution is -0.139. The molecule has 2 bridgehead atoms. The monoisotopic (exact) mass is 518 g/mol. The van der Waals surface area contributed by atoms with Crippen molar-refractivity contribution in [3.63, 3.8) is 0 Å². The van der Waals surface area contributed by atoms with E-state index >= 15 is 0 Å². The van der Waals surface area contributed by atoms with Crippen molar-refractivity contribution in [1.82, 2.24) is 5.01 Å². The van der Waals surface area contributed by atoms with Gasteiger partial charge < -0.3 is 4.74 Å². The van der Waals surface area contributed by atoms with Crippen LogP contribution in [0.15, 0.2) is 102 Å². The number of benzene rings is 4. The van der Waals surface area contributed by atoms with Crippen LogP contribution in [0.25, 0.3) is 0 Å². The number of rotatable bonds is 5. The molecule has 4 aromatic carbocycles. The largest absolute Gasteiger partial charge is 0.488 e. The molecule has 1 heterocycles. The number of ether oxygens (including phenoxy) is 1. The lowest BCUT2D eigenvalue weighted by Crippen LogP contribution is -2.41. The molecule has 186 valence electrons. The molecule has 0 N–H and O–H groups in total. The molecule has 3 aliphatic carbocycles. The Balaban J connectivity index is 1.20. The lowest BCUT2D eigenvalue weighted by Gasteiger charge is -2.45. The van der Waals surface area contributed by atoms with E-state index in [2.05, 4.69) is 29.4 Å². The van der Waals surface area contributed by atoms with Crippen molar-refractivity contribution < 1.29 is 14.3 Å². The highest BCUT2D eigenvalue weighted by Crippen LogP contribution is 2.60. The SMILES string of the molecule is O=C1[C@@H]2C3c4ccccc4C(c4ccccc43)[C@H]2C(=O)N1/N=C\c1ccccc1OCc1cccc(Cl)c1. The zero-order chi connectivity index (χ0) is 25.8. The molecule has 0 saturated carbocycles. The van der Waals surface area contributed by atoms with Crippen LogP contribution >= 0.6 is 11.6 Å². The summed E-state index contributed by atoms with van der Waals surface area (Å²) in [7, 11) is 0. The number of imide groups is 1. The standard InChI is InChI=1S/C32H23ClN2O3/c33-21-10-7-8-19(16-21)18-38-26-15-6-1-9-20(26)17-34-35-31(36)29-27-22-11-2-3-12-23(22)28(30(29)32(35)37)25-14-5-4-13-24(25)27/h1-17,27-30H,18H2/b34-17-/t27?,28?,29-,30-/m1/s1. The molecule has 4 aromatic rings. The van der Waals surface area contributed by atoms with E-state index in [0.29, 0.717) is 22.9 Å². The molecule has 0 aromatic heterocycles. The van der Waals surface area contributed by atoms with Crippen molar-refractivity contribution >= 4 is 29.6 Å². The molecule has 1 saturated heterocycles. The molecule has 38 heavy (non-hydrogen) atoms. The Labute approximate surface area is 225 Å². The number of hydrazone groups is 1. The summed E-state index contributed by atoms with van der Waals surface area (Å²) in [5, 5.41) is 6.17. The quantitative estimate of drug-likeness (QED) is 0.235. The Morgan fingerprint density at radius 1 is 0.737 bits per heavy atom.